The minimum Gasteiger partial charge on any atom is -0.487 e. The summed E-state index contributed by atoms with van der Waals surface area (Å²) in [5, 5.41) is 6.17. The molecule has 0 atom stereocenters. The Morgan fingerprint density at radius 1 is 1.04 bits per heavy atom. The van der Waals surface area contributed by atoms with E-state index in [4.69, 9.17) is 17.0 Å². The van der Waals surface area contributed by atoms with Crippen molar-refractivity contribution in [3.63, 3.8) is 0 Å². The lowest BCUT2D eigenvalue weighted by atomic mass is 10.0. The monoisotopic (exact) mass is 368 g/mol. The second-order valence-electron chi connectivity index (χ2n) is 6.63. The maximum atomic E-state index is 12.1. The Morgan fingerprint density at radius 2 is 1.73 bits per heavy atom. The van der Waals surface area contributed by atoms with Crippen LogP contribution in [-0.4, -0.2) is 11.0 Å². The summed E-state index contributed by atoms with van der Waals surface area (Å²) in [7, 11) is 0. The zero-order chi connectivity index (χ0) is 18.2. The van der Waals surface area contributed by atoms with Crippen molar-refractivity contribution in [2.75, 3.05) is 5.32 Å². The number of anilines is 1. The van der Waals surface area contributed by atoms with Crippen molar-refractivity contribution in [1.82, 2.24) is 5.32 Å². The molecule has 2 aromatic carbocycles. The van der Waals surface area contributed by atoms with E-state index in [2.05, 4.69) is 10.6 Å². The van der Waals surface area contributed by atoms with Crippen LogP contribution in [0.1, 0.15) is 37.7 Å². The average molecular weight is 369 g/mol. The van der Waals surface area contributed by atoms with Crippen molar-refractivity contribution in [1.29, 1.82) is 0 Å². The Kier molecular flexibility index (Phi) is 6.61. The van der Waals surface area contributed by atoms with Gasteiger partial charge in [0, 0.05) is 6.42 Å². The van der Waals surface area contributed by atoms with Crippen LogP contribution in [0.5, 0.6) is 5.75 Å². The first-order valence-corrected chi connectivity index (χ1v) is 9.48. The smallest absolute Gasteiger partial charge is 0.226 e. The first-order valence-electron chi connectivity index (χ1n) is 9.07. The summed E-state index contributed by atoms with van der Waals surface area (Å²) >= 11 is 5.29. The van der Waals surface area contributed by atoms with Crippen LogP contribution in [0.25, 0.3) is 0 Å². The van der Waals surface area contributed by atoms with E-state index in [0.29, 0.717) is 29.8 Å². The third kappa shape index (κ3) is 5.56. The van der Waals surface area contributed by atoms with Gasteiger partial charge in [0.15, 0.2) is 5.11 Å². The van der Waals surface area contributed by atoms with Crippen LogP contribution in [0.3, 0.4) is 0 Å². The molecule has 0 saturated heterocycles. The molecule has 0 aromatic heterocycles. The van der Waals surface area contributed by atoms with E-state index in [9.17, 15) is 4.79 Å². The number of nitrogens with one attached hydrogen (secondary N) is 2. The number of benzene rings is 2. The molecule has 0 bridgehead atoms. The second kappa shape index (κ2) is 9.34. The highest BCUT2D eigenvalue weighted by molar-refractivity contribution is 7.80. The molecule has 0 aliphatic heterocycles. The largest absolute Gasteiger partial charge is 0.487 e. The van der Waals surface area contributed by atoms with Gasteiger partial charge in [0.25, 0.3) is 0 Å². The maximum absolute atomic E-state index is 12.1. The molecule has 2 aromatic rings. The van der Waals surface area contributed by atoms with Crippen LogP contribution in [-0.2, 0) is 11.4 Å². The normalized spacial score (nSPS) is 14.0. The van der Waals surface area contributed by atoms with Gasteiger partial charge in [-0.15, -0.1) is 0 Å². The first kappa shape index (κ1) is 18.4. The Bertz CT molecular complexity index is 743. The minimum atomic E-state index is -0.0166. The molecule has 1 amide bonds. The van der Waals surface area contributed by atoms with Crippen molar-refractivity contribution in [3.8, 4) is 5.75 Å². The molecule has 1 aliphatic carbocycles. The summed E-state index contributed by atoms with van der Waals surface area (Å²) < 4.78 is 5.90. The molecule has 5 heteroatoms. The molecule has 0 unspecified atom stereocenters. The van der Waals surface area contributed by atoms with E-state index in [1.165, 1.54) is 12.8 Å². The molecule has 1 fully saturated rings. The number of amides is 1. The fourth-order valence-electron chi connectivity index (χ4n) is 3.24. The third-order valence-corrected chi connectivity index (χ3v) is 4.78. The number of hydrogen-bond donors (Lipinski definition) is 2. The summed E-state index contributed by atoms with van der Waals surface area (Å²) in [6.07, 6.45) is 5.29. The Hall–Kier alpha value is -2.40. The fraction of sp³-hybridized carbons (Fsp3) is 0.333. The van der Waals surface area contributed by atoms with Gasteiger partial charge >= 0.3 is 0 Å². The van der Waals surface area contributed by atoms with Crippen molar-refractivity contribution in [2.45, 2.75) is 38.7 Å². The second-order valence-corrected chi connectivity index (χ2v) is 7.04. The molecule has 3 rings (SSSR count). The van der Waals surface area contributed by atoms with Gasteiger partial charge in [-0.05, 0) is 48.7 Å². The van der Waals surface area contributed by atoms with Crippen molar-refractivity contribution < 1.29 is 9.53 Å². The van der Waals surface area contributed by atoms with Crippen LogP contribution < -0.4 is 15.4 Å². The van der Waals surface area contributed by atoms with Crippen LogP contribution in [0.4, 0.5) is 5.69 Å². The number of carbonyl (C=O) groups excluding carboxylic acids is 1. The van der Waals surface area contributed by atoms with Gasteiger partial charge < -0.3 is 15.4 Å². The summed E-state index contributed by atoms with van der Waals surface area (Å²) in [6.45, 7) is 0.473. The molecule has 0 radical (unpaired) electrons. The SMILES string of the molecule is O=C(CC1CCCC1)NC(=S)Nc1ccccc1OCc1ccccc1. The van der Waals surface area contributed by atoms with Gasteiger partial charge in [-0.1, -0.05) is 55.3 Å². The average Bonchev–Trinajstić information content (AvgIpc) is 3.14. The Labute approximate surface area is 160 Å². The standard InChI is InChI=1S/C21H24N2O2S/c24-20(14-16-8-4-5-9-16)23-21(26)22-18-12-6-7-13-19(18)25-15-17-10-2-1-3-11-17/h1-3,6-7,10-13,16H,4-5,8-9,14-15H2,(H2,22,23,24,26). The summed E-state index contributed by atoms with van der Waals surface area (Å²) in [5.41, 5.74) is 1.84. The van der Waals surface area contributed by atoms with Gasteiger partial charge in [-0.2, -0.15) is 0 Å². The lowest BCUT2D eigenvalue weighted by Gasteiger charge is -2.15. The number of hydrogen-bond acceptors (Lipinski definition) is 3. The molecule has 26 heavy (non-hydrogen) atoms. The number of rotatable bonds is 6. The van der Waals surface area contributed by atoms with E-state index in [-0.39, 0.29) is 5.91 Å². The molecule has 2 N–H and O–H groups in total. The lowest BCUT2D eigenvalue weighted by Crippen LogP contribution is -2.35. The van der Waals surface area contributed by atoms with E-state index in [1.54, 1.807) is 0 Å². The van der Waals surface area contributed by atoms with Crippen molar-refractivity contribution in [2.24, 2.45) is 5.92 Å². The van der Waals surface area contributed by atoms with Crippen LogP contribution >= 0.6 is 12.2 Å². The van der Waals surface area contributed by atoms with Gasteiger partial charge in [0.2, 0.25) is 5.91 Å². The molecule has 136 valence electrons. The van der Waals surface area contributed by atoms with Gasteiger partial charge in [0.05, 0.1) is 5.69 Å². The number of ether oxygens (including phenoxy) is 1. The van der Waals surface area contributed by atoms with Crippen LogP contribution in [0.2, 0.25) is 0 Å². The molecule has 4 nitrogen and oxygen atoms in total. The van der Waals surface area contributed by atoms with E-state index < -0.39 is 0 Å². The zero-order valence-corrected chi connectivity index (χ0v) is 15.6. The van der Waals surface area contributed by atoms with E-state index in [0.717, 1.165) is 24.1 Å². The number of para-hydroxylation sites is 2. The number of carbonyl (C=O) groups is 1. The van der Waals surface area contributed by atoms with E-state index in [1.807, 2.05) is 54.6 Å². The predicted octanol–water partition coefficient (Wildman–Crippen LogP) is 4.66. The molecule has 1 saturated carbocycles. The van der Waals surface area contributed by atoms with Gasteiger partial charge in [-0.3, -0.25) is 4.79 Å². The highest BCUT2D eigenvalue weighted by Gasteiger charge is 2.19. The molecular formula is C21H24N2O2S. The molecule has 0 heterocycles. The number of thiocarbonyl (C=S) groups is 1. The summed E-state index contributed by atoms with van der Waals surface area (Å²) in [6, 6.07) is 17.6. The fourth-order valence-corrected chi connectivity index (χ4v) is 3.46. The predicted molar refractivity (Wildman–Crippen MR) is 108 cm³/mol. The highest BCUT2D eigenvalue weighted by Crippen LogP contribution is 2.27. The quantitative estimate of drug-likeness (QED) is 0.728. The molecule has 1 aliphatic rings. The van der Waals surface area contributed by atoms with Gasteiger partial charge in [-0.25, -0.2) is 0 Å². The minimum absolute atomic E-state index is 0.0166. The molecule has 0 spiro atoms. The Balaban J connectivity index is 1.53. The van der Waals surface area contributed by atoms with Gasteiger partial charge in [0.1, 0.15) is 12.4 Å². The zero-order valence-electron chi connectivity index (χ0n) is 14.7. The Morgan fingerprint density at radius 3 is 2.50 bits per heavy atom. The van der Waals surface area contributed by atoms with E-state index >= 15 is 0 Å². The van der Waals surface area contributed by atoms with Crippen molar-refractivity contribution in [3.05, 3.63) is 60.2 Å². The highest BCUT2D eigenvalue weighted by atomic mass is 32.1. The third-order valence-electron chi connectivity index (χ3n) is 4.57. The lowest BCUT2D eigenvalue weighted by molar-refractivity contribution is -0.120. The van der Waals surface area contributed by atoms with Crippen LogP contribution in [0, 0.1) is 5.92 Å². The summed E-state index contributed by atoms with van der Waals surface area (Å²) in [4.78, 5) is 12.1. The topological polar surface area (TPSA) is 50.4 Å². The van der Waals surface area contributed by atoms with Crippen molar-refractivity contribution >= 4 is 28.9 Å². The molecular weight excluding hydrogens is 344 g/mol. The maximum Gasteiger partial charge on any atom is 0.226 e. The first-order chi connectivity index (χ1) is 12.7. The summed E-state index contributed by atoms with van der Waals surface area (Å²) in [5.74, 6) is 1.18. The van der Waals surface area contributed by atoms with Crippen LogP contribution in [0.15, 0.2) is 54.6 Å².